The largest absolute Gasteiger partial charge is 0.374 e. The summed E-state index contributed by atoms with van der Waals surface area (Å²) in [6.07, 6.45) is -1.48. The highest BCUT2D eigenvalue weighted by molar-refractivity contribution is 5.77. The summed E-state index contributed by atoms with van der Waals surface area (Å²) >= 11 is 0. The van der Waals surface area contributed by atoms with Crippen LogP contribution in [-0.2, 0) is 43.6 Å². The predicted octanol–water partition coefficient (Wildman–Crippen LogP) is 3.87. The van der Waals surface area contributed by atoms with Crippen LogP contribution in [0.1, 0.15) is 16.7 Å². The Bertz CT molecular complexity index is 999. The summed E-state index contributed by atoms with van der Waals surface area (Å²) < 4.78 is 24.6. The molecule has 178 valence electrons. The van der Waals surface area contributed by atoms with Gasteiger partial charge in [0.05, 0.1) is 39.0 Å². The van der Waals surface area contributed by atoms with Crippen LogP contribution in [0.3, 0.4) is 0 Å². The van der Waals surface area contributed by atoms with Crippen molar-refractivity contribution >= 4 is 5.91 Å². The van der Waals surface area contributed by atoms with Gasteiger partial charge in [0.25, 0.3) is 0 Å². The molecule has 0 radical (unpaired) electrons. The molecule has 1 fully saturated rings. The molecule has 1 aliphatic heterocycles. The summed E-state index contributed by atoms with van der Waals surface area (Å²) in [5, 5.41) is 0. The van der Waals surface area contributed by atoms with Crippen molar-refractivity contribution in [2.75, 3.05) is 13.2 Å². The minimum atomic E-state index is -0.616. The Labute approximate surface area is 200 Å². The molecule has 3 aromatic rings. The van der Waals surface area contributed by atoms with Gasteiger partial charge in [-0.2, -0.15) is 0 Å². The van der Waals surface area contributed by atoms with Gasteiger partial charge in [-0.15, -0.1) is 0 Å². The number of amides is 1. The quantitative estimate of drug-likeness (QED) is 0.469. The highest BCUT2D eigenvalue weighted by atomic mass is 16.6. The molecule has 0 bridgehead atoms. The van der Waals surface area contributed by atoms with Gasteiger partial charge in [-0.25, -0.2) is 0 Å². The fourth-order valence-corrected chi connectivity index (χ4v) is 4.06. The molecule has 0 spiro atoms. The first-order valence-corrected chi connectivity index (χ1v) is 11.5. The summed E-state index contributed by atoms with van der Waals surface area (Å²) in [4.78, 5) is 12.3. The van der Waals surface area contributed by atoms with E-state index in [1.165, 1.54) is 0 Å². The molecule has 4 rings (SSSR count). The van der Waals surface area contributed by atoms with Crippen LogP contribution in [0, 0.1) is 5.92 Å². The fourth-order valence-electron chi connectivity index (χ4n) is 4.06. The van der Waals surface area contributed by atoms with Gasteiger partial charge >= 0.3 is 0 Å². The molecular formula is C28H31NO5. The monoisotopic (exact) mass is 461 g/mol. The van der Waals surface area contributed by atoms with Crippen LogP contribution in [-0.4, -0.2) is 37.4 Å². The van der Waals surface area contributed by atoms with Crippen LogP contribution in [0.2, 0.25) is 0 Å². The normalized spacial score (nSPS) is 22.4. The molecule has 1 amide bonds. The Balaban J connectivity index is 1.48. The summed E-state index contributed by atoms with van der Waals surface area (Å²) in [6, 6.07) is 29.7. The lowest BCUT2D eigenvalue weighted by Crippen LogP contribution is -2.57. The molecule has 0 aromatic heterocycles. The maximum Gasteiger partial charge on any atom is 0.225 e. The van der Waals surface area contributed by atoms with Crippen molar-refractivity contribution in [2.24, 2.45) is 11.7 Å². The summed E-state index contributed by atoms with van der Waals surface area (Å²) in [5.41, 5.74) is 8.84. The smallest absolute Gasteiger partial charge is 0.225 e. The molecular weight excluding hydrogens is 430 g/mol. The Hall–Kier alpha value is -3.03. The van der Waals surface area contributed by atoms with E-state index in [9.17, 15) is 4.79 Å². The van der Waals surface area contributed by atoms with Crippen LogP contribution in [0.4, 0.5) is 0 Å². The lowest BCUT2D eigenvalue weighted by atomic mass is 9.91. The first-order chi connectivity index (χ1) is 16.7. The van der Waals surface area contributed by atoms with Crippen LogP contribution < -0.4 is 5.73 Å². The second-order valence-corrected chi connectivity index (χ2v) is 8.40. The van der Waals surface area contributed by atoms with Crippen molar-refractivity contribution in [3.63, 3.8) is 0 Å². The van der Waals surface area contributed by atoms with Gasteiger partial charge in [0.1, 0.15) is 18.3 Å². The third kappa shape index (κ3) is 6.74. The Morgan fingerprint density at radius 2 is 1.21 bits per heavy atom. The van der Waals surface area contributed by atoms with Crippen molar-refractivity contribution < 1.29 is 23.7 Å². The molecule has 1 aliphatic rings. The zero-order valence-corrected chi connectivity index (χ0v) is 19.1. The second kappa shape index (κ2) is 12.4. The maximum atomic E-state index is 12.3. The van der Waals surface area contributed by atoms with E-state index in [2.05, 4.69) is 0 Å². The second-order valence-electron chi connectivity index (χ2n) is 8.40. The van der Waals surface area contributed by atoms with Crippen LogP contribution in [0.15, 0.2) is 91.0 Å². The lowest BCUT2D eigenvalue weighted by Gasteiger charge is -2.41. The number of ether oxygens (including phenoxy) is 4. The van der Waals surface area contributed by atoms with E-state index in [-0.39, 0.29) is 6.61 Å². The summed E-state index contributed by atoms with van der Waals surface area (Å²) in [7, 11) is 0. The first-order valence-electron chi connectivity index (χ1n) is 11.5. The zero-order chi connectivity index (χ0) is 23.6. The van der Waals surface area contributed by atoms with Crippen LogP contribution in [0.5, 0.6) is 0 Å². The molecule has 4 atom stereocenters. The maximum absolute atomic E-state index is 12.3. The van der Waals surface area contributed by atoms with Gasteiger partial charge in [0, 0.05) is 0 Å². The minimum Gasteiger partial charge on any atom is -0.374 e. The minimum absolute atomic E-state index is 0.166. The molecule has 34 heavy (non-hydrogen) atoms. The highest BCUT2D eigenvalue weighted by Gasteiger charge is 2.44. The SMILES string of the molecule is NC(=O)[C@@H]1CO[C@H](COCc2ccccc2)[C@H](OCc2ccccc2)[C@@H]1OCc1ccccc1. The van der Waals surface area contributed by atoms with Crippen molar-refractivity contribution in [1.82, 2.24) is 0 Å². The Kier molecular flexibility index (Phi) is 8.82. The molecule has 0 aliphatic carbocycles. The van der Waals surface area contributed by atoms with Crippen LogP contribution >= 0.6 is 0 Å². The summed E-state index contributed by atoms with van der Waals surface area (Å²) in [6.45, 7) is 1.64. The molecule has 1 heterocycles. The van der Waals surface area contributed by atoms with E-state index in [1.54, 1.807) is 0 Å². The zero-order valence-electron chi connectivity index (χ0n) is 19.1. The lowest BCUT2D eigenvalue weighted by molar-refractivity contribution is -0.218. The average molecular weight is 462 g/mol. The van der Waals surface area contributed by atoms with Gasteiger partial charge in [-0.1, -0.05) is 91.0 Å². The number of hydrogen-bond donors (Lipinski definition) is 1. The molecule has 0 unspecified atom stereocenters. The molecule has 2 N–H and O–H groups in total. The van der Waals surface area contributed by atoms with E-state index < -0.39 is 30.1 Å². The van der Waals surface area contributed by atoms with E-state index in [4.69, 9.17) is 24.7 Å². The Morgan fingerprint density at radius 1 is 0.735 bits per heavy atom. The number of carbonyl (C=O) groups excluding carboxylic acids is 1. The van der Waals surface area contributed by atoms with E-state index in [1.807, 2.05) is 91.0 Å². The third-order valence-corrected chi connectivity index (χ3v) is 5.91. The highest BCUT2D eigenvalue weighted by Crippen LogP contribution is 2.28. The van der Waals surface area contributed by atoms with Gasteiger partial charge in [-0.05, 0) is 16.7 Å². The van der Waals surface area contributed by atoms with Gasteiger partial charge in [-0.3, -0.25) is 4.79 Å². The summed E-state index contributed by atoms with van der Waals surface area (Å²) in [5.74, 6) is -1.08. The number of carbonyl (C=O) groups is 1. The molecule has 3 aromatic carbocycles. The third-order valence-electron chi connectivity index (χ3n) is 5.91. The van der Waals surface area contributed by atoms with Crippen molar-refractivity contribution in [2.45, 2.75) is 38.1 Å². The number of primary amides is 1. The molecule has 1 saturated heterocycles. The fraction of sp³-hybridized carbons (Fsp3) is 0.321. The van der Waals surface area contributed by atoms with Gasteiger partial charge in [0.2, 0.25) is 5.91 Å². The van der Waals surface area contributed by atoms with Crippen molar-refractivity contribution in [3.8, 4) is 0 Å². The number of rotatable bonds is 11. The van der Waals surface area contributed by atoms with Crippen molar-refractivity contribution in [3.05, 3.63) is 108 Å². The standard InChI is InChI=1S/C28H31NO5/c29-28(30)24-19-32-25(20-31-16-21-10-4-1-5-11-21)27(34-18-23-14-8-3-9-15-23)26(24)33-17-22-12-6-2-7-13-22/h1-15,24-27H,16-20H2,(H2,29,30)/t24-,25-,26-,27+/m1/s1. The van der Waals surface area contributed by atoms with Crippen LogP contribution in [0.25, 0.3) is 0 Å². The Morgan fingerprint density at radius 3 is 1.71 bits per heavy atom. The number of nitrogens with two attached hydrogens (primary N) is 1. The van der Waals surface area contributed by atoms with E-state index in [0.717, 1.165) is 16.7 Å². The van der Waals surface area contributed by atoms with E-state index >= 15 is 0 Å². The average Bonchev–Trinajstić information content (AvgIpc) is 2.88. The first kappa shape index (κ1) is 24.1. The number of benzene rings is 3. The molecule has 6 nitrogen and oxygen atoms in total. The molecule has 0 saturated carbocycles. The van der Waals surface area contributed by atoms with Gasteiger partial charge in [0.15, 0.2) is 0 Å². The number of hydrogen-bond acceptors (Lipinski definition) is 5. The topological polar surface area (TPSA) is 80.0 Å². The van der Waals surface area contributed by atoms with Gasteiger partial charge < -0.3 is 24.7 Å². The predicted molar refractivity (Wildman–Crippen MR) is 129 cm³/mol. The molecule has 6 heteroatoms. The van der Waals surface area contributed by atoms with E-state index in [0.29, 0.717) is 26.4 Å². The van der Waals surface area contributed by atoms with Crippen molar-refractivity contribution in [1.29, 1.82) is 0 Å².